The smallest absolute Gasteiger partial charge is 0.164 e. The monoisotopic (exact) mass is 259 g/mol. The van der Waals surface area contributed by atoms with Crippen LogP contribution in [0.5, 0.6) is 0 Å². The van der Waals surface area contributed by atoms with E-state index in [-0.39, 0.29) is 5.78 Å². The molecule has 1 aromatic carbocycles. The highest BCUT2D eigenvalue weighted by molar-refractivity contribution is 5.99. The van der Waals surface area contributed by atoms with Crippen LogP contribution < -0.4 is 0 Å². The van der Waals surface area contributed by atoms with Gasteiger partial charge in [0.05, 0.1) is 19.5 Å². The van der Waals surface area contributed by atoms with Gasteiger partial charge in [0.25, 0.3) is 0 Å². The molecule has 0 amide bonds. The fourth-order valence-electron chi connectivity index (χ4n) is 2.37. The Balaban J connectivity index is 1.62. The topological polar surface area (TPSA) is 42.7 Å². The second kappa shape index (κ2) is 5.55. The summed E-state index contributed by atoms with van der Waals surface area (Å²) in [4.78, 5) is 14.4. The summed E-state index contributed by atoms with van der Waals surface area (Å²) in [5.41, 5.74) is 1.59. The van der Waals surface area contributed by atoms with E-state index in [1.54, 1.807) is 6.26 Å². The number of benzene rings is 1. The van der Waals surface area contributed by atoms with Gasteiger partial charge < -0.3 is 9.15 Å². The van der Waals surface area contributed by atoms with Crippen LogP contribution in [0.15, 0.2) is 34.9 Å². The van der Waals surface area contributed by atoms with Crippen LogP contribution in [0.1, 0.15) is 16.8 Å². The highest BCUT2D eigenvalue weighted by atomic mass is 16.5. The Kier molecular flexibility index (Phi) is 3.62. The van der Waals surface area contributed by atoms with E-state index in [1.807, 2.05) is 24.3 Å². The molecule has 1 aliphatic rings. The Hall–Kier alpha value is -1.65. The molecule has 1 aromatic heterocycles. The number of ether oxygens (including phenoxy) is 1. The predicted octanol–water partition coefficient (Wildman–Crippen LogP) is 2.34. The van der Waals surface area contributed by atoms with Crippen LogP contribution >= 0.6 is 0 Å². The minimum Gasteiger partial charge on any atom is -0.464 e. The van der Waals surface area contributed by atoms with Gasteiger partial charge >= 0.3 is 0 Å². The molecule has 0 bridgehead atoms. The van der Waals surface area contributed by atoms with Gasteiger partial charge in [-0.05, 0) is 24.3 Å². The van der Waals surface area contributed by atoms with Gasteiger partial charge in [-0.3, -0.25) is 9.69 Å². The number of hydrogen-bond acceptors (Lipinski definition) is 4. The largest absolute Gasteiger partial charge is 0.464 e. The lowest BCUT2D eigenvalue weighted by Gasteiger charge is -2.26. The van der Waals surface area contributed by atoms with E-state index in [2.05, 4.69) is 4.90 Å². The number of hydrogen-bond donors (Lipinski definition) is 0. The number of furan rings is 1. The van der Waals surface area contributed by atoms with Gasteiger partial charge in [-0.25, -0.2) is 0 Å². The summed E-state index contributed by atoms with van der Waals surface area (Å²) < 4.78 is 10.6. The van der Waals surface area contributed by atoms with Gasteiger partial charge in [-0.2, -0.15) is 0 Å². The van der Waals surface area contributed by atoms with Gasteiger partial charge in [0, 0.05) is 37.0 Å². The number of rotatable bonds is 4. The lowest BCUT2D eigenvalue weighted by molar-refractivity contribution is 0.0370. The molecular formula is C15H17NO3. The molecule has 19 heavy (non-hydrogen) atoms. The normalized spacial score (nSPS) is 16.8. The maximum absolute atomic E-state index is 12.2. The predicted molar refractivity (Wildman–Crippen MR) is 72.4 cm³/mol. The van der Waals surface area contributed by atoms with E-state index < -0.39 is 0 Å². The molecule has 4 heteroatoms. The maximum atomic E-state index is 12.2. The zero-order valence-electron chi connectivity index (χ0n) is 10.8. The number of fused-ring (bicyclic) bond motifs is 1. The first-order valence-electron chi connectivity index (χ1n) is 6.63. The van der Waals surface area contributed by atoms with Crippen molar-refractivity contribution in [2.45, 2.75) is 6.42 Å². The van der Waals surface area contributed by atoms with Gasteiger partial charge in [0.15, 0.2) is 5.78 Å². The molecule has 0 saturated carbocycles. The van der Waals surface area contributed by atoms with Crippen molar-refractivity contribution in [1.29, 1.82) is 0 Å². The van der Waals surface area contributed by atoms with Gasteiger partial charge in [-0.1, -0.05) is 0 Å². The lowest BCUT2D eigenvalue weighted by Crippen LogP contribution is -2.37. The van der Waals surface area contributed by atoms with E-state index in [0.29, 0.717) is 6.42 Å². The third-order valence-corrected chi connectivity index (χ3v) is 3.53. The molecule has 0 unspecified atom stereocenters. The molecule has 0 aliphatic carbocycles. The zero-order valence-corrected chi connectivity index (χ0v) is 10.8. The minimum absolute atomic E-state index is 0.189. The molecular weight excluding hydrogens is 242 g/mol. The number of ketones is 1. The summed E-state index contributed by atoms with van der Waals surface area (Å²) in [6.45, 7) is 4.21. The average Bonchev–Trinajstić information content (AvgIpc) is 2.93. The summed E-state index contributed by atoms with van der Waals surface area (Å²) in [7, 11) is 0. The van der Waals surface area contributed by atoms with Gasteiger partial charge in [-0.15, -0.1) is 0 Å². The van der Waals surface area contributed by atoms with Crippen LogP contribution in [0.4, 0.5) is 0 Å². The fraction of sp³-hybridized carbons (Fsp3) is 0.400. The van der Waals surface area contributed by atoms with Crippen LogP contribution in [-0.4, -0.2) is 43.5 Å². The van der Waals surface area contributed by atoms with Crippen molar-refractivity contribution in [3.8, 4) is 0 Å². The van der Waals surface area contributed by atoms with Crippen LogP contribution in [0, 0.1) is 0 Å². The standard InChI is InChI=1S/C15H17NO3/c17-14(3-5-16-6-9-18-10-7-16)12-1-2-15-13(11-12)4-8-19-15/h1-2,4,8,11H,3,5-7,9-10H2. The summed E-state index contributed by atoms with van der Waals surface area (Å²) in [5, 5.41) is 0.984. The summed E-state index contributed by atoms with van der Waals surface area (Å²) in [6, 6.07) is 7.49. The Morgan fingerprint density at radius 3 is 2.89 bits per heavy atom. The number of carbonyl (C=O) groups is 1. The summed E-state index contributed by atoms with van der Waals surface area (Å²) >= 11 is 0. The average molecular weight is 259 g/mol. The van der Waals surface area contributed by atoms with E-state index in [0.717, 1.165) is 49.4 Å². The molecule has 0 radical (unpaired) electrons. The van der Waals surface area contributed by atoms with Crippen LogP contribution in [0.25, 0.3) is 11.0 Å². The molecule has 1 aliphatic heterocycles. The molecule has 100 valence electrons. The first kappa shape index (κ1) is 12.4. The van der Waals surface area contributed by atoms with E-state index >= 15 is 0 Å². The molecule has 3 rings (SSSR count). The van der Waals surface area contributed by atoms with Crippen molar-refractivity contribution in [2.75, 3.05) is 32.8 Å². The summed E-state index contributed by atoms with van der Waals surface area (Å²) in [5.74, 6) is 0.189. The quantitative estimate of drug-likeness (QED) is 0.790. The van der Waals surface area contributed by atoms with E-state index in [1.165, 1.54) is 0 Å². The van der Waals surface area contributed by atoms with Crippen LogP contribution in [0.2, 0.25) is 0 Å². The number of Topliss-reactive ketones (excluding diaryl/α,β-unsaturated/α-hetero) is 1. The molecule has 2 heterocycles. The Morgan fingerprint density at radius 2 is 2.05 bits per heavy atom. The second-order valence-electron chi connectivity index (χ2n) is 4.80. The Bertz CT molecular complexity index is 570. The van der Waals surface area contributed by atoms with Crippen LogP contribution in [0.3, 0.4) is 0 Å². The Labute approximate surface area is 111 Å². The van der Waals surface area contributed by atoms with E-state index in [9.17, 15) is 4.79 Å². The molecule has 4 nitrogen and oxygen atoms in total. The SMILES string of the molecule is O=C(CCN1CCOCC1)c1ccc2occc2c1. The molecule has 2 aromatic rings. The van der Waals surface area contributed by atoms with Gasteiger partial charge in [0.2, 0.25) is 0 Å². The maximum Gasteiger partial charge on any atom is 0.164 e. The minimum atomic E-state index is 0.189. The zero-order chi connectivity index (χ0) is 13.1. The lowest BCUT2D eigenvalue weighted by atomic mass is 10.1. The van der Waals surface area contributed by atoms with Crippen LogP contribution in [-0.2, 0) is 4.74 Å². The van der Waals surface area contributed by atoms with Crippen molar-refractivity contribution < 1.29 is 13.9 Å². The second-order valence-corrected chi connectivity index (χ2v) is 4.80. The Morgan fingerprint density at radius 1 is 1.21 bits per heavy atom. The third-order valence-electron chi connectivity index (χ3n) is 3.53. The molecule has 0 spiro atoms. The van der Waals surface area contributed by atoms with Crippen molar-refractivity contribution >= 4 is 16.8 Å². The first-order valence-corrected chi connectivity index (χ1v) is 6.63. The molecule has 1 saturated heterocycles. The summed E-state index contributed by atoms with van der Waals surface area (Å²) in [6.07, 6.45) is 2.20. The molecule has 1 fully saturated rings. The first-order chi connectivity index (χ1) is 9.33. The molecule has 0 atom stereocenters. The van der Waals surface area contributed by atoms with Gasteiger partial charge in [0.1, 0.15) is 5.58 Å². The van der Waals surface area contributed by atoms with E-state index in [4.69, 9.17) is 9.15 Å². The van der Waals surface area contributed by atoms with Crippen molar-refractivity contribution in [2.24, 2.45) is 0 Å². The van der Waals surface area contributed by atoms with Crippen molar-refractivity contribution in [1.82, 2.24) is 4.90 Å². The highest BCUT2D eigenvalue weighted by Crippen LogP contribution is 2.18. The van der Waals surface area contributed by atoms with Crippen molar-refractivity contribution in [3.05, 3.63) is 36.1 Å². The fourth-order valence-corrected chi connectivity index (χ4v) is 2.37. The molecule has 0 N–H and O–H groups in total. The highest BCUT2D eigenvalue weighted by Gasteiger charge is 2.13. The number of morpholine rings is 1. The third kappa shape index (κ3) is 2.85. The number of nitrogens with zero attached hydrogens (tertiary/aromatic N) is 1. The van der Waals surface area contributed by atoms with Crippen molar-refractivity contribution in [3.63, 3.8) is 0 Å². The number of carbonyl (C=O) groups excluding carboxylic acids is 1.